The van der Waals surface area contributed by atoms with Crippen LogP contribution < -0.4 is 11.1 Å². The molecule has 0 bridgehead atoms. The van der Waals surface area contributed by atoms with Crippen LogP contribution in [0.3, 0.4) is 0 Å². The van der Waals surface area contributed by atoms with Gasteiger partial charge in [0, 0.05) is 31.2 Å². The number of amides is 1. The third-order valence-electron chi connectivity index (χ3n) is 5.33. The minimum atomic E-state index is -0.805. The first-order valence-electron chi connectivity index (χ1n) is 10.4. The molecule has 0 radical (unpaired) electrons. The minimum Gasteiger partial charge on any atom is -0.382 e. The zero-order valence-corrected chi connectivity index (χ0v) is 19.5. The number of aryl methyl sites for hydroxylation is 1. The third-order valence-corrected chi connectivity index (χ3v) is 6.12. The molecular formula is C23H21N9OS. The van der Waals surface area contributed by atoms with Crippen molar-refractivity contribution in [3.05, 3.63) is 66.0 Å². The number of nitrogens with two attached hydrogens (primary N) is 1. The number of nitrogens with one attached hydrogen (secondary N) is 1. The Morgan fingerprint density at radius 2 is 1.97 bits per heavy atom. The Morgan fingerprint density at radius 3 is 2.71 bits per heavy atom. The van der Waals surface area contributed by atoms with Crippen LogP contribution in [-0.4, -0.2) is 40.6 Å². The Labute approximate surface area is 199 Å². The standard InChI is InChI=1S/C23H21N9OS/c1-23(2,17-11-25-7-8-26-17)30-22(33)20-21(24)29-19(15-6-9-32(3)31-15)18(28-20)13-4-5-14-16(10-13)34-12-27-14/h4-12H,1-3H3,(H2,24,29)(H,30,33). The molecule has 4 aromatic heterocycles. The van der Waals surface area contributed by atoms with Crippen molar-refractivity contribution in [1.82, 2.24) is 40.0 Å². The molecule has 0 aliphatic rings. The van der Waals surface area contributed by atoms with E-state index in [2.05, 4.69) is 30.4 Å². The number of anilines is 1. The van der Waals surface area contributed by atoms with Gasteiger partial charge in [-0.15, -0.1) is 11.3 Å². The minimum absolute atomic E-state index is 0.00992. The average molecular weight is 472 g/mol. The van der Waals surface area contributed by atoms with E-state index < -0.39 is 11.4 Å². The van der Waals surface area contributed by atoms with Gasteiger partial charge in [-0.2, -0.15) is 5.10 Å². The quantitative estimate of drug-likeness (QED) is 0.399. The maximum Gasteiger partial charge on any atom is 0.274 e. The maximum atomic E-state index is 13.3. The molecule has 4 heterocycles. The highest BCUT2D eigenvalue weighted by Crippen LogP contribution is 2.32. The molecule has 0 fully saturated rings. The van der Waals surface area contributed by atoms with Crippen LogP contribution in [-0.2, 0) is 12.6 Å². The van der Waals surface area contributed by atoms with Crippen LogP contribution in [0.15, 0.2) is 54.6 Å². The Bertz CT molecular complexity index is 1510. The molecule has 0 unspecified atom stereocenters. The first-order valence-corrected chi connectivity index (χ1v) is 11.3. The van der Waals surface area contributed by atoms with Crippen molar-refractivity contribution in [3.8, 4) is 22.6 Å². The molecule has 10 nitrogen and oxygen atoms in total. The van der Waals surface area contributed by atoms with Crippen LogP contribution >= 0.6 is 11.3 Å². The zero-order chi connectivity index (χ0) is 23.9. The van der Waals surface area contributed by atoms with Crippen molar-refractivity contribution in [2.24, 2.45) is 7.05 Å². The lowest BCUT2D eigenvalue weighted by Crippen LogP contribution is -2.42. The zero-order valence-electron chi connectivity index (χ0n) is 18.7. The van der Waals surface area contributed by atoms with Crippen LogP contribution in [0.4, 0.5) is 5.82 Å². The van der Waals surface area contributed by atoms with E-state index in [4.69, 9.17) is 10.7 Å². The summed E-state index contributed by atoms with van der Waals surface area (Å²) in [5, 5.41) is 7.41. The second-order valence-corrected chi connectivity index (χ2v) is 9.12. The summed E-state index contributed by atoms with van der Waals surface area (Å²) in [6, 6.07) is 7.62. The topological polar surface area (TPSA) is 137 Å². The fourth-order valence-corrected chi connectivity index (χ4v) is 4.28. The number of nitrogen functional groups attached to an aromatic ring is 1. The second kappa shape index (κ2) is 8.27. The summed E-state index contributed by atoms with van der Waals surface area (Å²) in [5.41, 5.74) is 11.1. The van der Waals surface area contributed by atoms with Crippen molar-refractivity contribution >= 4 is 33.3 Å². The predicted molar refractivity (Wildman–Crippen MR) is 130 cm³/mol. The largest absolute Gasteiger partial charge is 0.382 e. The molecule has 5 aromatic rings. The lowest BCUT2D eigenvalue weighted by Gasteiger charge is -2.25. The van der Waals surface area contributed by atoms with E-state index in [1.807, 2.05) is 51.4 Å². The first kappa shape index (κ1) is 21.6. The van der Waals surface area contributed by atoms with Gasteiger partial charge in [-0.1, -0.05) is 6.07 Å². The van der Waals surface area contributed by atoms with Gasteiger partial charge in [-0.3, -0.25) is 19.4 Å². The molecule has 0 atom stereocenters. The van der Waals surface area contributed by atoms with E-state index in [1.165, 1.54) is 11.3 Å². The third kappa shape index (κ3) is 3.97. The maximum absolute atomic E-state index is 13.3. The highest BCUT2D eigenvalue weighted by molar-refractivity contribution is 7.16. The number of carbonyl (C=O) groups is 1. The van der Waals surface area contributed by atoms with E-state index in [9.17, 15) is 4.79 Å². The van der Waals surface area contributed by atoms with Crippen molar-refractivity contribution in [3.63, 3.8) is 0 Å². The fraction of sp³-hybridized carbons (Fsp3) is 0.174. The molecule has 5 rings (SSSR count). The van der Waals surface area contributed by atoms with Gasteiger partial charge in [0.2, 0.25) is 0 Å². The van der Waals surface area contributed by atoms with Gasteiger partial charge in [0.15, 0.2) is 11.5 Å². The Morgan fingerprint density at radius 1 is 1.12 bits per heavy atom. The molecule has 0 saturated heterocycles. The highest BCUT2D eigenvalue weighted by atomic mass is 32.1. The van der Waals surface area contributed by atoms with Crippen molar-refractivity contribution < 1.29 is 4.79 Å². The van der Waals surface area contributed by atoms with Crippen molar-refractivity contribution in [2.45, 2.75) is 19.4 Å². The molecule has 0 saturated carbocycles. The van der Waals surface area contributed by atoms with E-state index in [1.54, 1.807) is 28.8 Å². The lowest BCUT2D eigenvalue weighted by molar-refractivity contribution is 0.0906. The number of rotatable bonds is 5. The summed E-state index contributed by atoms with van der Waals surface area (Å²) in [6.07, 6.45) is 6.57. The number of fused-ring (bicyclic) bond motifs is 1. The van der Waals surface area contributed by atoms with Crippen LogP contribution in [0, 0.1) is 0 Å². The van der Waals surface area contributed by atoms with E-state index in [0.29, 0.717) is 22.8 Å². The molecule has 0 aliphatic carbocycles. The van der Waals surface area contributed by atoms with Crippen molar-refractivity contribution in [1.29, 1.82) is 0 Å². The summed E-state index contributed by atoms with van der Waals surface area (Å²) in [5.74, 6) is -0.455. The molecule has 0 spiro atoms. The summed E-state index contributed by atoms with van der Waals surface area (Å²) < 4.78 is 2.67. The highest BCUT2D eigenvalue weighted by Gasteiger charge is 2.28. The number of hydrogen-bond acceptors (Lipinski definition) is 9. The van der Waals surface area contributed by atoms with Gasteiger partial charge in [0.1, 0.15) is 11.4 Å². The number of nitrogens with zero attached hydrogens (tertiary/aromatic N) is 7. The van der Waals surface area contributed by atoms with Gasteiger partial charge < -0.3 is 11.1 Å². The molecule has 1 aromatic carbocycles. The SMILES string of the molecule is Cn1ccc(-c2nc(N)c(C(=O)NC(C)(C)c3cnccn3)nc2-c2ccc3ncsc3c2)n1. The summed E-state index contributed by atoms with van der Waals surface area (Å²) in [4.78, 5) is 35.3. The number of thiazole rings is 1. The van der Waals surface area contributed by atoms with Gasteiger partial charge >= 0.3 is 0 Å². The van der Waals surface area contributed by atoms with Crippen LogP contribution in [0.25, 0.3) is 32.9 Å². The monoisotopic (exact) mass is 471 g/mol. The van der Waals surface area contributed by atoms with Crippen molar-refractivity contribution in [2.75, 3.05) is 5.73 Å². The number of hydrogen-bond donors (Lipinski definition) is 2. The summed E-state index contributed by atoms with van der Waals surface area (Å²) in [7, 11) is 1.82. The Hall–Kier alpha value is -4.25. The molecule has 3 N–H and O–H groups in total. The first-order chi connectivity index (χ1) is 16.3. The van der Waals surface area contributed by atoms with Gasteiger partial charge in [-0.05, 0) is 32.0 Å². The lowest BCUT2D eigenvalue weighted by atomic mass is 10.0. The molecule has 1 amide bonds. The number of benzene rings is 1. The molecule has 170 valence electrons. The number of aromatic nitrogens is 7. The van der Waals surface area contributed by atoms with E-state index in [-0.39, 0.29) is 11.5 Å². The summed E-state index contributed by atoms with van der Waals surface area (Å²) >= 11 is 1.53. The molecule has 11 heteroatoms. The van der Waals surface area contributed by atoms with E-state index in [0.717, 1.165) is 15.8 Å². The second-order valence-electron chi connectivity index (χ2n) is 8.23. The molecule has 0 aliphatic heterocycles. The Balaban J connectivity index is 1.61. The number of carbonyl (C=O) groups excluding carboxylic acids is 1. The molecule has 34 heavy (non-hydrogen) atoms. The van der Waals surface area contributed by atoms with Gasteiger partial charge in [-0.25, -0.2) is 15.0 Å². The fourth-order valence-electron chi connectivity index (χ4n) is 3.57. The smallest absolute Gasteiger partial charge is 0.274 e. The van der Waals surface area contributed by atoms with Gasteiger partial charge in [0.25, 0.3) is 5.91 Å². The average Bonchev–Trinajstić information content (AvgIpc) is 3.47. The van der Waals surface area contributed by atoms with Crippen LogP contribution in [0.2, 0.25) is 0 Å². The Kier molecular flexibility index (Phi) is 5.25. The van der Waals surface area contributed by atoms with Crippen LogP contribution in [0.5, 0.6) is 0 Å². The summed E-state index contributed by atoms with van der Waals surface area (Å²) in [6.45, 7) is 3.67. The molecular weight excluding hydrogens is 450 g/mol. The van der Waals surface area contributed by atoms with E-state index >= 15 is 0 Å². The predicted octanol–water partition coefficient (Wildman–Crippen LogP) is 3.19. The van der Waals surface area contributed by atoms with Gasteiger partial charge in [0.05, 0.1) is 38.9 Å². The van der Waals surface area contributed by atoms with Crippen LogP contribution in [0.1, 0.15) is 30.0 Å². The normalized spacial score (nSPS) is 11.6.